The van der Waals surface area contributed by atoms with E-state index in [0.717, 1.165) is 84.0 Å². The molecule has 7 heteroatoms. The highest BCUT2D eigenvalue weighted by Crippen LogP contribution is 2.39. The Labute approximate surface area is 186 Å². The van der Waals surface area contributed by atoms with Crippen molar-refractivity contribution in [2.24, 2.45) is 5.92 Å². The number of aromatic amines is 2. The number of carbonyl (C=O) groups is 1. The van der Waals surface area contributed by atoms with Gasteiger partial charge in [-0.05, 0) is 74.6 Å². The maximum atomic E-state index is 13.5. The number of fused-ring (bicyclic) bond motifs is 5. The van der Waals surface area contributed by atoms with Gasteiger partial charge in [0.1, 0.15) is 0 Å². The highest BCUT2D eigenvalue weighted by atomic mass is 16.2. The molecular formula is C25H28N6O. The fourth-order valence-corrected chi connectivity index (χ4v) is 5.62. The van der Waals surface area contributed by atoms with Gasteiger partial charge in [-0.15, -0.1) is 0 Å². The van der Waals surface area contributed by atoms with Crippen molar-refractivity contribution in [2.75, 3.05) is 13.1 Å². The monoisotopic (exact) mass is 428 g/mol. The van der Waals surface area contributed by atoms with E-state index in [-0.39, 0.29) is 5.91 Å². The number of nitrogens with one attached hydrogen (secondary N) is 2. The molecule has 7 nitrogen and oxygen atoms in total. The number of hydrogen-bond donors (Lipinski definition) is 2. The fraction of sp³-hybridized carbons (Fsp3) is 0.440. The summed E-state index contributed by atoms with van der Waals surface area (Å²) in [5, 5.41) is 17.0. The second kappa shape index (κ2) is 7.43. The van der Waals surface area contributed by atoms with E-state index in [4.69, 9.17) is 4.98 Å². The molecule has 2 aliphatic rings. The van der Waals surface area contributed by atoms with Crippen molar-refractivity contribution in [2.45, 2.75) is 52.4 Å². The first kappa shape index (κ1) is 19.5. The van der Waals surface area contributed by atoms with Crippen LogP contribution in [0.1, 0.15) is 59.9 Å². The fourth-order valence-electron chi connectivity index (χ4n) is 5.62. The van der Waals surface area contributed by atoms with Crippen molar-refractivity contribution in [1.82, 2.24) is 30.3 Å². The largest absolute Gasteiger partial charge is 0.337 e. The van der Waals surface area contributed by atoms with Crippen molar-refractivity contribution < 1.29 is 4.79 Å². The molecule has 1 aliphatic carbocycles. The summed E-state index contributed by atoms with van der Waals surface area (Å²) in [5.41, 5.74) is 8.13. The second-order valence-electron chi connectivity index (χ2n) is 9.49. The number of piperidine rings is 1. The van der Waals surface area contributed by atoms with Gasteiger partial charge in [0.15, 0.2) is 5.69 Å². The molecule has 0 saturated carbocycles. The molecule has 4 heterocycles. The van der Waals surface area contributed by atoms with Crippen molar-refractivity contribution in [3.8, 4) is 11.3 Å². The maximum Gasteiger partial charge on any atom is 0.275 e. The molecular weight excluding hydrogens is 400 g/mol. The Morgan fingerprint density at radius 2 is 1.94 bits per heavy atom. The van der Waals surface area contributed by atoms with Crippen LogP contribution >= 0.6 is 0 Å². The van der Waals surface area contributed by atoms with Gasteiger partial charge in [0.25, 0.3) is 5.91 Å². The maximum absolute atomic E-state index is 13.5. The number of amides is 1. The van der Waals surface area contributed by atoms with Gasteiger partial charge >= 0.3 is 0 Å². The third-order valence-corrected chi connectivity index (χ3v) is 7.23. The molecule has 3 aromatic heterocycles. The SMILES string of the molecule is Cc1[nH]ncc1-c1nc2ccc3[nH]nc(C(=O)N4CCC[C@H](C)C4)c3c2c2c1CCCC2. The highest BCUT2D eigenvalue weighted by molar-refractivity contribution is 6.17. The molecule has 0 spiro atoms. The van der Waals surface area contributed by atoms with Gasteiger partial charge in [-0.2, -0.15) is 10.2 Å². The van der Waals surface area contributed by atoms with Gasteiger partial charge in [-0.1, -0.05) is 6.92 Å². The topological polar surface area (TPSA) is 90.6 Å². The first-order valence-corrected chi connectivity index (χ1v) is 11.7. The van der Waals surface area contributed by atoms with Crippen molar-refractivity contribution in [3.05, 3.63) is 40.8 Å². The lowest BCUT2D eigenvalue weighted by Gasteiger charge is -2.30. The number of pyridine rings is 1. The summed E-state index contributed by atoms with van der Waals surface area (Å²) >= 11 is 0. The molecule has 4 aromatic rings. The van der Waals surface area contributed by atoms with E-state index < -0.39 is 0 Å². The first-order valence-electron chi connectivity index (χ1n) is 11.7. The molecule has 164 valence electrons. The molecule has 2 N–H and O–H groups in total. The van der Waals surface area contributed by atoms with Crippen LogP contribution in [0.3, 0.4) is 0 Å². The van der Waals surface area contributed by atoms with E-state index in [2.05, 4.69) is 33.4 Å². The molecule has 0 bridgehead atoms. The Bertz CT molecular complexity index is 1350. The summed E-state index contributed by atoms with van der Waals surface area (Å²) in [7, 11) is 0. The van der Waals surface area contributed by atoms with Crippen LogP contribution < -0.4 is 0 Å². The Morgan fingerprint density at radius 3 is 2.72 bits per heavy atom. The number of hydrogen-bond acceptors (Lipinski definition) is 4. The zero-order valence-corrected chi connectivity index (χ0v) is 18.7. The van der Waals surface area contributed by atoms with E-state index in [1.165, 1.54) is 17.5 Å². The normalized spacial score (nSPS) is 18.9. The van der Waals surface area contributed by atoms with E-state index in [0.29, 0.717) is 11.6 Å². The standard InChI is InChI=1S/C25H28N6O/c1-14-6-5-11-31(13-14)25(32)24-22-20(29-30-24)10-9-19-21(22)16-7-3-4-8-17(16)23(27-19)18-12-26-28-15(18)2/h9-10,12,14H,3-8,11,13H2,1-2H3,(H,26,28)(H,29,30)/t14-/m0/s1. The smallest absolute Gasteiger partial charge is 0.275 e. The van der Waals surface area contributed by atoms with E-state index >= 15 is 0 Å². The van der Waals surface area contributed by atoms with Crippen LogP contribution in [-0.2, 0) is 12.8 Å². The summed E-state index contributed by atoms with van der Waals surface area (Å²) in [4.78, 5) is 20.6. The lowest BCUT2D eigenvalue weighted by molar-refractivity contribution is 0.0679. The Balaban J connectivity index is 1.60. The van der Waals surface area contributed by atoms with E-state index in [9.17, 15) is 4.79 Å². The van der Waals surface area contributed by atoms with Crippen LogP contribution in [-0.4, -0.2) is 49.3 Å². The van der Waals surface area contributed by atoms with Crippen LogP contribution in [0, 0.1) is 12.8 Å². The van der Waals surface area contributed by atoms with E-state index in [1.807, 2.05) is 24.1 Å². The highest BCUT2D eigenvalue weighted by Gasteiger charge is 2.28. The van der Waals surface area contributed by atoms with Gasteiger partial charge in [0.2, 0.25) is 0 Å². The minimum atomic E-state index is 0.0367. The minimum Gasteiger partial charge on any atom is -0.337 e. The van der Waals surface area contributed by atoms with Gasteiger partial charge < -0.3 is 4.90 Å². The predicted octanol–water partition coefficient (Wildman–Crippen LogP) is 4.56. The molecule has 1 aliphatic heterocycles. The predicted molar refractivity (Wildman–Crippen MR) is 125 cm³/mol. The van der Waals surface area contributed by atoms with E-state index in [1.54, 1.807) is 0 Å². The summed E-state index contributed by atoms with van der Waals surface area (Å²) in [6.07, 6.45) is 8.42. The van der Waals surface area contributed by atoms with Crippen molar-refractivity contribution in [3.63, 3.8) is 0 Å². The molecule has 32 heavy (non-hydrogen) atoms. The third kappa shape index (κ3) is 2.94. The van der Waals surface area contributed by atoms with Crippen LogP contribution in [0.4, 0.5) is 0 Å². The number of likely N-dealkylation sites (tertiary alicyclic amines) is 1. The van der Waals surface area contributed by atoms with Crippen LogP contribution in [0.2, 0.25) is 0 Å². The molecule has 0 unspecified atom stereocenters. The molecule has 6 rings (SSSR count). The van der Waals surface area contributed by atoms with Gasteiger partial charge in [0.05, 0.1) is 22.9 Å². The molecule has 1 fully saturated rings. The minimum absolute atomic E-state index is 0.0367. The van der Waals surface area contributed by atoms with Gasteiger partial charge in [-0.25, -0.2) is 4.98 Å². The summed E-state index contributed by atoms with van der Waals surface area (Å²) in [6, 6.07) is 4.06. The number of aromatic nitrogens is 5. The molecule has 1 amide bonds. The molecule has 1 atom stereocenters. The summed E-state index contributed by atoms with van der Waals surface area (Å²) in [6.45, 7) is 5.87. The first-order chi connectivity index (χ1) is 15.6. The molecule has 1 aromatic carbocycles. The quantitative estimate of drug-likeness (QED) is 0.490. The average molecular weight is 429 g/mol. The van der Waals surface area contributed by atoms with Crippen molar-refractivity contribution >= 4 is 27.7 Å². The average Bonchev–Trinajstić information content (AvgIpc) is 3.44. The number of carbonyl (C=O) groups excluding carboxylic acids is 1. The Hall–Kier alpha value is -3.22. The van der Waals surface area contributed by atoms with Crippen LogP contribution in [0.15, 0.2) is 18.3 Å². The zero-order valence-electron chi connectivity index (χ0n) is 18.7. The van der Waals surface area contributed by atoms with Crippen molar-refractivity contribution in [1.29, 1.82) is 0 Å². The molecule has 1 saturated heterocycles. The van der Waals surface area contributed by atoms with Crippen LogP contribution in [0.5, 0.6) is 0 Å². The summed E-state index contributed by atoms with van der Waals surface area (Å²) < 4.78 is 0. The zero-order chi connectivity index (χ0) is 21.8. The lowest BCUT2D eigenvalue weighted by Crippen LogP contribution is -2.39. The third-order valence-electron chi connectivity index (χ3n) is 7.23. The van der Waals surface area contributed by atoms with Crippen LogP contribution in [0.25, 0.3) is 33.1 Å². The van der Waals surface area contributed by atoms with Gasteiger partial charge in [0, 0.05) is 35.1 Å². The summed E-state index contributed by atoms with van der Waals surface area (Å²) in [5.74, 6) is 0.569. The number of H-pyrrole nitrogens is 2. The van der Waals surface area contributed by atoms with Gasteiger partial charge in [-0.3, -0.25) is 15.0 Å². The number of aryl methyl sites for hydroxylation is 2. The Kier molecular flexibility index (Phi) is 4.52. The Morgan fingerprint density at radius 1 is 1.09 bits per heavy atom. The number of benzene rings is 1. The number of rotatable bonds is 2. The molecule has 0 radical (unpaired) electrons. The lowest BCUT2D eigenvalue weighted by atomic mass is 9.85. The second-order valence-corrected chi connectivity index (χ2v) is 9.49. The number of nitrogens with zero attached hydrogens (tertiary/aromatic N) is 4.